The van der Waals surface area contributed by atoms with Gasteiger partial charge in [-0.2, -0.15) is 5.10 Å². The van der Waals surface area contributed by atoms with Gasteiger partial charge in [0.2, 0.25) is 5.91 Å². The van der Waals surface area contributed by atoms with Gasteiger partial charge in [0, 0.05) is 24.1 Å². The molecule has 1 N–H and O–H groups in total. The first-order valence-corrected chi connectivity index (χ1v) is 13.5. The Hall–Kier alpha value is -3.59. The van der Waals surface area contributed by atoms with Gasteiger partial charge in [0.05, 0.1) is 13.2 Å². The highest BCUT2D eigenvalue weighted by Gasteiger charge is 2.48. The number of aryl methyl sites for hydroxylation is 1. The Balaban J connectivity index is 1.60. The average Bonchev–Trinajstić information content (AvgIpc) is 3.32. The zero-order valence-corrected chi connectivity index (χ0v) is 22.4. The maximum Gasteiger partial charge on any atom is 0.358 e. The Morgan fingerprint density at radius 2 is 1.78 bits per heavy atom. The highest BCUT2D eigenvalue weighted by molar-refractivity contribution is 7.98. The Labute approximate surface area is 221 Å². The van der Waals surface area contributed by atoms with Crippen LogP contribution in [0.5, 0.6) is 0 Å². The van der Waals surface area contributed by atoms with Crippen LogP contribution in [0.15, 0.2) is 59.5 Å². The fourth-order valence-corrected chi connectivity index (χ4v) is 4.82. The fraction of sp³-hybridized carbons (Fsp3) is 0.357. The molecule has 2 heterocycles. The predicted molar refractivity (Wildman–Crippen MR) is 143 cm³/mol. The zero-order chi connectivity index (χ0) is 26.6. The third-order valence-corrected chi connectivity index (χ3v) is 7.37. The van der Waals surface area contributed by atoms with Gasteiger partial charge in [-0.1, -0.05) is 42.0 Å². The number of amides is 2. The van der Waals surface area contributed by atoms with E-state index in [1.54, 1.807) is 30.5 Å². The Kier molecular flexibility index (Phi) is 8.02. The number of ether oxygens (including phenoxy) is 1. The average molecular weight is 521 g/mol. The summed E-state index contributed by atoms with van der Waals surface area (Å²) in [4.78, 5) is 42.4. The maximum atomic E-state index is 13.7. The van der Waals surface area contributed by atoms with E-state index in [1.165, 1.54) is 10.7 Å². The monoisotopic (exact) mass is 520 g/mol. The molecule has 0 spiro atoms. The lowest BCUT2D eigenvalue weighted by Crippen LogP contribution is -2.64. The van der Waals surface area contributed by atoms with E-state index in [1.807, 2.05) is 61.7 Å². The van der Waals surface area contributed by atoms with Crippen molar-refractivity contribution < 1.29 is 19.1 Å². The van der Waals surface area contributed by atoms with Crippen molar-refractivity contribution in [2.45, 2.75) is 50.7 Å². The molecular formula is C28H32N4O4S. The summed E-state index contributed by atoms with van der Waals surface area (Å²) in [6.07, 6.45) is 2.61. The highest BCUT2D eigenvalue weighted by Crippen LogP contribution is 2.28. The van der Waals surface area contributed by atoms with E-state index in [-0.39, 0.29) is 36.4 Å². The van der Waals surface area contributed by atoms with Gasteiger partial charge in [-0.25, -0.2) is 4.79 Å². The Morgan fingerprint density at radius 3 is 2.43 bits per heavy atom. The van der Waals surface area contributed by atoms with E-state index in [4.69, 9.17) is 4.74 Å². The number of carbonyl (C=O) groups excluding carboxylic acids is 3. The molecule has 0 saturated carbocycles. The van der Waals surface area contributed by atoms with Gasteiger partial charge in [-0.3, -0.25) is 14.3 Å². The predicted octanol–water partition coefficient (Wildman–Crippen LogP) is 3.86. The van der Waals surface area contributed by atoms with Crippen LogP contribution in [0.2, 0.25) is 0 Å². The number of rotatable bonds is 9. The Morgan fingerprint density at radius 1 is 1.11 bits per heavy atom. The fourth-order valence-electron chi connectivity index (χ4n) is 4.41. The summed E-state index contributed by atoms with van der Waals surface area (Å²) in [6, 6.07) is 17.6. The number of thioether (sulfide) groups is 1. The van der Waals surface area contributed by atoms with Crippen LogP contribution in [0.25, 0.3) is 0 Å². The molecule has 37 heavy (non-hydrogen) atoms. The van der Waals surface area contributed by atoms with Crippen LogP contribution < -0.4 is 5.32 Å². The molecule has 0 radical (unpaired) electrons. The number of hydrogen-bond acceptors (Lipinski definition) is 6. The van der Waals surface area contributed by atoms with Crippen LogP contribution in [-0.2, 0) is 29.0 Å². The minimum absolute atomic E-state index is 0.0575. The van der Waals surface area contributed by atoms with Crippen LogP contribution in [-0.4, -0.2) is 57.4 Å². The topological polar surface area (TPSA) is 93.5 Å². The lowest BCUT2D eigenvalue weighted by molar-refractivity contribution is -0.133. The molecule has 2 aromatic carbocycles. The van der Waals surface area contributed by atoms with Crippen LogP contribution in [0.4, 0.5) is 0 Å². The largest absolute Gasteiger partial charge is 0.461 e. The molecule has 0 aliphatic carbocycles. The van der Waals surface area contributed by atoms with Crippen molar-refractivity contribution in [3.8, 4) is 0 Å². The van der Waals surface area contributed by atoms with E-state index < -0.39 is 11.5 Å². The smallest absolute Gasteiger partial charge is 0.358 e. The molecule has 4 rings (SSSR count). The van der Waals surface area contributed by atoms with Crippen LogP contribution in [0, 0.1) is 6.92 Å². The minimum atomic E-state index is -1.20. The first-order valence-electron chi connectivity index (χ1n) is 12.3. The van der Waals surface area contributed by atoms with Crippen molar-refractivity contribution in [3.05, 3.63) is 82.7 Å². The molecule has 0 saturated heterocycles. The number of nitrogens with one attached hydrogen (secondary N) is 1. The minimum Gasteiger partial charge on any atom is -0.461 e. The molecule has 0 bridgehead atoms. The number of fused-ring (bicyclic) bond motifs is 1. The van der Waals surface area contributed by atoms with Crippen molar-refractivity contribution in [3.63, 3.8) is 0 Å². The highest BCUT2D eigenvalue weighted by atomic mass is 32.2. The normalized spacial score (nSPS) is 16.9. The first kappa shape index (κ1) is 26.5. The quantitative estimate of drug-likeness (QED) is 0.340. The summed E-state index contributed by atoms with van der Waals surface area (Å²) in [5.41, 5.74) is 2.30. The third kappa shape index (κ3) is 5.72. The number of benzene rings is 2. The molecule has 1 aliphatic heterocycles. The number of carbonyl (C=O) groups is 3. The van der Waals surface area contributed by atoms with Gasteiger partial charge < -0.3 is 15.0 Å². The molecule has 1 aliphatic rings. The van der Waals surface area contributed by atoms with Crippen LogP contribution >= 0.6 is 11.8 Å². The molecule has 0 fully saturated rings. The molecule has 2 amide bonds. The molecule has 8 nitrogen and oxygen atoms in total. The lowest BCUT2D eigenvalue weighted by Gasteiger charge is -2.43. The van der Waals surface area contributed by atoms with Crippen molar-refractivity contribution in [1.82, 2.24) is 20.0 Å². The second-order valence-electron chi connectivity index (χ2n) is 9.29. The standard InChI is InChI=1S/C28H32N4O4S/c1-5-36-26(34)23-16-24-25(33)31(15-14-20-10-12-22(37-4)13-11-20)28(3,18-32(24)30-23)27(35)29-17-21-8-6-19(2)7-9-21/h6-13,16H,5,14-15,17-18H2,1-4H3,(H,29,35)/t28-/m0/s1. The van der Waals surface area contributed by atoms with Gasteiger partial charge in [-0.15, -0.1) is 11.8 Å². The molecule has 9 heteroatoms. The first-order chi connectivity index (χ1) is 17.7. The van der Waals surface area contributed by atoms with Gasteiger partial charge in [-0.05, 0) is 56.7 Å². The summed E-state index contributed by atoms with van der Waals surface area (Å²) in [5.74, 6) is -1.22. The lowest BCUT2D eigenvalue weighted by atomic mass is 9.94. The van der Waals surface area contributed by atoms with Gasteiger partial charge in [0.15, 0.2) is 5.69 Å². The number of hydrogen-bond donors (Lipinski definition) is 1. The van der Waals surface area contributed by atoms with Crippen molar-refractivity contribution >= 4 is 29.5 Å². The summed E-state index contributed by atoms with van der Waals surface area (Å²) in [5, 5.41) is 7.31. The molecular weight excluding hydrogens is 488 g/mol. The van der Waals surface area contributed by atoms with Crippen LogP contribution in [0.3, 0.4) is 0 Å². The summed E-state index contributed by atoms with van der Waals surface area (Å²) < 4.78 is 6.51. The van der Waals surface area contributed by atoms with Crippen molar-refractivity contribution in [2.24, 2.45) is 0 Å². The molecule has 194 valence electrons. The maximum absolute atomic E-state index is 13.7. The van der Waals surface area contributed by atoms with Crippen LogP contribution in [0.1, 0.15) is 51.5 Å². The number of esters is 1. The second kappa shape index (κ2) is 11.2. The van der Waals surface area contributed by atoms with Gasteiger partial charge >= 0.3 is 5.97 Å². The molecule has 0 unspecified atom stereocenters. The Bertz CT molecular complexity index is 1290. The van der Waals surface area contributed by atoms with Gasteiger partial charge in [0.25, 0.3) is 5.91 Å². The van der Waals surface area contributed by atoms with E-state index in [0.29, 0.717) is 19.5 Å². The van der Waals surface area contributed by atoms with Gasteiger partial charge in [0.1, 0.15) is 11.2 Å². The summed E-state index contributed by atoms with van der Waals surface area (Å²) >= 11 is 1.67. The third-order valence-electron chi connectivity index (χ3n) is 6.63. The number of aromatic nitrogens is 2. The second-order valence-corrected chi connectivity index (χ2v) is 10.2. The van der Waals surface area contributed by atoms with E-state index >= 15 is 0 Å². The van der Waals surface area contributed by atoms with E-state index in [0.717, 1.165) is 21.6 Å². The van der Waals surface area contributed by atoms with E-state index in [9.17, 15) is 14.4 Å². The zero-order valence-electron chi connectivity index (χ0n) is 21.6. The van der Waals surface area contributed by atoms with E-state index in [2.05, 4.69) is 10.4 Å². The number of nitrogens with zero attached hydrogens (tertiary/aromatic N) is 3. The van der Waals surface area contributed by atoms with Crippen molar-refractivity contribution in [2.75, 3.05) is 19.4 Å². The molecule has 1 atom stereocenters. The molecule has 3 aromatic rings. The summed E-state index contributed by atoms with van der Waals surface area (Å²) in [6.45, 7) is 6.48. The molecule has 1 aromatic heterocycles. The SMILES string of the molecule is CCOC(=O)c1cc2n(n1)C[C@@](C)(C(=O)NCc1ccc(C)cc1)N(CCc1ccc(SC)cc1)C2=O. The van der Waals surface area contributed by atoms with Crippen molar-refractivity contribution in [1.29, 1.82) is 0 Å². The summed E-state index contributed by atoms with van der Waals surface area (Å²) in [7, 11) is 0.